The zero-order valence-corrected chi connectivity index (χ0v) is 15.1. The van der Waals surface area contributed by atoms with Crippen LogP contribution in [0.1, 0.15) is 5.69 Å². The lowest BCUT2D eigenvalue weighted by atomic mass is 10.3. The maximum absolute atomic E-state index is 11.9. The second kappa shape index (κ2) is 8.67. The van der Waals surface area contributed by atoms with E-state index in [1.165, 1.54) is 24.3 Å². The number of nitro benzene ring substituents is 1. The summed E-state index contributed by atoms with van der Waals surface area (Å²) in [4.78, 5) is 22.0. The summed E-state index contributed by atoms with van der Waals surface area (Å²) in [5, 5.41) is 17.7. The molecule has 0 saturated heterocycles. The molecular weight excluding hydrogens is 364 g/mol. The van der Waals surface area contributed by atoms with Gasteiger partial charge in [-0.05, 0) is 42.5 Å². The zero-order valence-electron chi connectivity index (χ0n) is 15.1. The molecule has 0 spiro atoms. The van der Waals surface area contributed by atoms with Crippen molar-refractivity contribution in [2.24, 2.45) is 0 Å². The van der Waals surface area contributed by atoms with E-state index in [0.29, 0.717) is 11.4 Å². The van der Waals surface area contributed by atoms with Gasteiger partial charge in [0.1, 0.15) is 11.5 Å². The first-order chi connectivity index (χ1) is 13.5. The molecule has 0 aliphatic heterocycles. The summed E-state index contributed by atoms with van der Waals surface area (Å²) < 4.78 is 12.1. The van der Waals surface area contributed by atoms with Gasteiger partial charge in [-0.15, -0.1) is 0 Å². The molecule has 0 atom stereocenters. The molecule has 1 N–H and O–H groups in total. The first-order valence-corrected chi connectivity index (χ1v) is 8.38. The number of nitro groups is 1. The van der Waals surface area contributed by atoms with E-state index in [2.05, 4.69) is 10.4 Å². The Morgan fingerprint density at radius 1 is 1.11 bits per heavy atom. The molecule has 0 aliphatic rings. The highest BCUT2D eigenvalue weighted by Crippen LogP contribution is 2.17. The number of hydrogen-bond donors (Lipinski definition) is 1. The average Bonchev–Trinajstić information content (AvgIpc) is 3.20. The highest BCUT2D eigenvalue weighted by atomic mass is 16.6. The van der Waals surface area contributed by atoms with Gasteiger partial charge in [-0.25, -0.2) is 4.68 Å². The maximum atomic E-state index is 11.9. The second-order valence-electron chi connectivity index (χ2n) is 5.77. The van der Waals surface area contributed by atoms with E-state index >= 15 is 0 Å². The number of carbonyl (C=O) groups is 1. The molecule has 1 amide bonds. The monoisotopic (exact) mass is 382 g/mol. The van der Waals surface area contributed by atoms with Gasteiger partial charge in [0.25, 0.3) is 11.6 Å². The third kappa shape index (κ3) is 4.85. The summed E-state index contributed by atoms with van der Waals surface area (Å²) in [5.41, 5.74) is 1.53. The second-order valence-corrected chi connectivity index (χ2v) is 5.77. The third-order valence-corrected chi connectivity index (χ3v) is 3.87. The van der Waals surface area contributed by atoms with Gasteiger partial charge in [0.2, 0.25) is 0 Å². The van der Waals surface area contributed by atoms with Crippen LogP contribution in [0.15, 0.2) is 60.8 Å². The van der Waals surface area contributed by atoms with E-state index in [4.69, 9.17) is 9.47 Å². The predicted molar refractivity (Wildman–Crippen MR) is 101 cm³/mol. The van der Waals surface area contributed by atoms with Crippen LogP contribution < -0.4 is 14.8 Å². The minimum atomic E-state index is -0.498. The van der Waals surface area contributed by atoms with Crippen LogP contribution in [-0.4, -0.2) is 34.3 Å². The third-order valence-electron chi connectivity index (χ3n) is 3.87. The SMILES string of the molecule is COc1ccc(-n2ccc(CNC(=O)COc3ccc([N+](=O)[O-])cc3)n2)cc1. The number of carbonyl (C=O) groups excluding carboxylic acids is 1. The Morgan fingerprint density at radius 2 is 1.79 bits per heavy atom. The fourth-order valence-electron chi connectivity index (χ4n) is 2.39. The molecule has 1 heterocycles. The van der Waals surface area contributed by atoms with Gasteiger partial charge in [-0.1, -0.05) is 0 Å². The number of aromatic nitrogens is 2. The molecule has 0 bridgehead atoms. The number of nitrogens with zero attached hydrogens (tertiary/aromatic N) is 3. The normalized spacial score (nSPS) is 10.3. The Kier molecular flexibility index (Phi) is 5.85. The van der Waals surface area contributed by atoms with Crippen molar-refractivity contribution in [2.75, 3.05) is 13.7 Å². The van der Waals surface area contributed by atoms with Crippen molar-refractivity contribution in [1.82, 2.24) is 15.1 Å². The van der Waals surface area contributed by atoms with E-state index < -0.39 is 4.92 Å². The summed E-state index contributed by atoms with van der Waals surface area (Å²) in [6.07, 6.45) is 1.80. The zero-order chi connectivity index (χ0) is 19.9. The Balaban J connectivity index is 1.48. The van der Waals surface area contributed by atoms with Crippen LogP contribution in [0.3, 0.4) is 0 Å². The van der Waals surface area contributed by atoms with E-state index in [0.717, 1.165) is 11.4 Å². The minimum Gasteiger partial charge on any atom is -0.497 e. The molecule has 0 unspecified atom stereocenters. The lowest BCUT2D eigenvalue weighted by Crippen LogP contribution is -2.28. The highest BCUT2D eigenvalue weighted by Gasteiger charge is 2.08. The average molecular weight is 382 g/mol. The van der Waals surface area contributed by atoms with Gasteiger partial charge in [0.15, 0.2) is 6.61 Å². The van der Waals surface area contributed by atoms with E-state index in [1.807, 2.05) is 30.3 Å². The standard InChI is InChI=1S/C19H18N4O5/c1-27-17-6-2-15(3-7-17)22-11-10-14(21-22)12-20-19(24)13-28-18-8-4-16(5-9-18)23(25)26/h2-11H,12-13H2,1H3,(H,20,24). The molecular formula is C19H18N4O5. The fourth-order valence-corrected chi connectivity index (χ4v) is 2.39. The number of non-ortho nitro benzene ring substituents is 1. The summed E-state index contributed by atoms with van der Waals surface area (Å²) in [7, 11) is 1.61. The molecule has 1 aromatic heterocycles. The molecule has 3 aromatic rings. The number of benzene rings is 2. The van der Waals surface area contributed by atoms with Gasteiger partial charge < -0.3 is 14.8 Å². The fraction of sp³-hybridized carbons (Fsp3) is 0.158. The largest absolute Gasteiger partial charge is 0.497 e. The topological polar surface area (TPSA) is 109 Å². The van der Waals surface area contributed by atoms with Crippen LogP contribution >= 0.6 is 0 Å². The molecule has 28 heavy (non-hydrogen) atoms. The molecule has 3 rings (SSSR count). The number of methoxy groups -OCH3 is 1. The quantitative estimate of drug-likeness (QED) is 0.474. The molecule has 9 heteroatoms. The van der Waals surface area contributed by atoms with E-state index in [9.17, 15) is 14.9 Å². The lowest BCUT2D eigenvalue weighted by molar-refractivity contribution is -0.384. The summed E-state index contributed by atoms with van der Waals surface area (Å²) in [5.74, 6) is 0.818. The van der Waals surface area contributed by atoms with Gasteiger partial charge >= 0.3 is 0 Å². The smallest absolute Gasteiger partial charge is 0.269 e. The van der Waals surface area contributed by atoms with Crippen molar-refractivity contribution in [2.45, 2.75) is 6.54 Å². The van der Waals surface area contributed by atoms with Crippen LogP contribution in [0.5, 0.6) is 11.5 Å². The summed E-state index contributed by atoms with van der Waals surface area (Å²) >= 11 is 0. The molecule has 0 aliphatic carbocycles. The van der Waals surface area contributed by atoms with Crippen molar-refractivity contribution >= 4 is 11.6 Å². The predicted octanol–water partition coefficient (Wildman–Crippen LogP) is 2.48. The van der Waals surface area contributed by atoms with Crippen LogP contribution in [0.25, 0.3) is 5.69 Å². The molecule has 144 valence electrons. The van der Waals surface area contributed by atoms with Gasteiger partial charge in [-0.3, -0.25) is 14.9 Å². The summed E-state index contributed by atoms with van der Waals surface area (Å²) in [6, 6.07) is 14.8. The van der Waals surface area contributed by atoms with Crippen LogP contribution in [0, 0.1) is 10.1 Å². The Morgan fingerprint density at radius 3 is 2.43 bits per heavy atom. The van der Waals surface area contributed by atoms with Gasteiger partial charge in [0, 0.05) is 18.3 Å². The van der Waals surface area contributed by atoms with Crippen molar-refractivity contribution in [3.8, 4) is 17.2 Å². The van der Waals surface area contributed by atoms with E-state index in [-0.39, 0.29) is 24.7 Å². The molecule has 0 fully saturated rings. The van der Waals surface area contributed by atoms with Gasteiger partial charge in [0.05, 0.1) is 30.0 Å². The lowest BCUT2D eigenvalue weighted by Gasteiger charge is -2.06. The minimum absolute atomic E-state index is 0.0377. The molecule has 0 saturated carbocycles. The summed E-state index contributed by atoms with van der Waals surface area (Å²) in [6.45, 7) is 0.0581. The highest BCUT2D eigenvalue weighted by molar-refractivity contribution is 5.77. The molecule has 0 radical (unpaired) electrons. The first-order valence-electron chi connectivity index (χ1n) is 8.38. The van der Waals surface area contributed by atoms with Crippen LogP contribution in [0.2, 0.25) is 0 Å². The Hall–Kier alpha value is -3.88. The van der Waals surface area contributed by atoms with Crippen molar-refractivity contribution in [3.63, 3.8) is 0 Å². The Labute approximate surface area is 160 Å². The van der Waals surface area contributed by atoms with Gasteiger partial charge in [-0.2, -0.15) is 5.10 Å². The molecule has 9 nitrogen and oxygen atoms in total. The number of amides is 1. The maximum Gasteiger partial charge on any atom is 0.269 e. The van der Waals surface area contributed by atoms with Crippen LogP contribution in [0.4, 0.5) is 5.69 Å². The number of rotatable bonds is 8. The molecule has 2 aromatic carbocycles. The van der Waals surface area contributed by atoms with E-state index in [1.54, 1.807) is 18.0 Å². The van der Waals surface area contributed by atoms with Crippen molar-refractivity contribution < 1.29 is 19.2 Å². The Bertz CT molecular complexity index is 951. The van der Waals surface area contributed by atoms with Crippen LogP contribution in [-0.2, 0) is 11.3 Å². The number of ether oxygens (including phenoxy) is 2. The number of hydrogen-bond acceptors (Lipinski definition) is 6. The van der Waals surface area contributed by atoms with Crippen molar-refractivity contribution in [1.29, 1.82) is 0 Å². The number of nitrogens with one attached hydrogen (secondary N) is 1. The van der Waals surface area contributed by atoms with Crippen molar-refractivity contribution in [3.05, 3.63) is 76.6 Å². The first kappa shape index (κ1) is 18.9.